The molecule has 6 rings (SSSR count). The fourth-order valence-electron chi connectivity index (χ4n) is 5.25. The lowest BCUT2D eigenvalue weighted by Gasteiger charge is -2.45. The number of fused-ring (bicyclic) bond motifs is 1. The third-order valence-electron chi connectivity index (χ3n) is 6.41. The van der Waals surface area contributed by atoms with E-state index in [1.165, 1.54) is 22.3 Å². The van der Waals surface area contributed by atoms with E-state index in [4.69, 9.17) is 0 Å². The standard InChI is InChI=1S/C23H26N2OS/c26-22(12-16-14-27-10-9-24-16)25-13-15-11-21-17-5-1-3-7-19(17)23(15)20-8-4-2-6-18(20)21/h1-8,15-16,21,23-24H,9-14H2,(H,25,26). The van der Waals surface area contributed by atoms with Crippen LogP contribution in [0.2, 0.25) is 0 Å². The fraction of sp³-hybridized carbons (Fsp3) is 0.435. The minimum atomic E-state index is 0.193. The number of carbonyl (C=O) groups is 1. The van der Waals surface area contributed by atoms with Crippen LogP contribution < -0.4 is 10.6 Å². The van der Waals surface area contributed by atoms with Gasteiger partial charge in [0.25, 0.3) is 0 Å². The third-order valence-corrected chi connectivity index (χ3v) is 7.55. The molecular weight excluding hydrogens is 352 g/mol. The van der Waals surface area contributed by atoms with Crippen molar-refractivity contribution in [2.45, 2.75) is 30.7 Å². The molecule has 1 amide bonds. The summed E-state index contributed by atoms with van der Waals surface area (Å²) in [6, 6.07) is 18.1. The summed E-state index contributed by atoms with van der Waals surface area (Å²) in [6.45, 7) is 1.80. The summed E-state index contributed by atoms with van der Waals surface area (Å²) < 4.78 is 0. The Bertz CT molecular complexity index is 798. The van der Waals surface area contributed by atoms with E-state index in [1.807, 2.05) is 11.8 Å². The maximum Gasteiger partial charge on any atom is 0.221 e. The van der Waals surface area contributed by atoms with E-state index in [1.54, 1.807) is 0 Å². The van der Waals surface area contributed by atoms with Crippen LogP contribution in [0.15, 0.2) is 48.5 Å². The SMILES string of the molecule is O=C(CC1CSCCN1)NCC1CC2c3ccccc3C1c1ccccc12. The van der Waals surface area contributed by atoms with Gasteiger partial charge in [-0.05, 0) is 34.6 Å². The molecule has 0 spiro atoms. The van der Waals surface area contributed by atoms with Crippen molar-refractivity contribution in [3.8, 4) is 0 Å². The lowest BCUT2D eigenvalue weighted by Crippen LogP contribution is -2.43. The quantitative estimate of drug-likeness (QED) is 0.856. The third kappa shape index (κ3) is 3.19. The van der Waals surface area contributed by atoms with Crippen molar-refractivity contribution in [3.05, 3.63) is 70.8 Å². The number of thioether (sulfide) groups is 1. The molecule has 27 heavy (non-hydrogen) atoms. The molecule has 0 radical (unpaired) electrons. The second-order valence-corrected chi connectivity index (χ2v) is 9.17. The molecule has 3 nitrogen and oxygen atoms in total. The van der Waals surface area contributed by atoms with E-state index in [0.29, 0.717) is 30.2 Å². The molecule has 1 aliphatic heterocycles. The topological polar surface area (TPSA) is 41.1 Å². The minimum absolute atomic E-state index is 0.193. The van der Waals surface area contributed by atoms with Gasteiger partial charge < -0.3 is 10.6 Å². The Kier molecular flexibility index (Phi) is 4.70. The monoisotopic (exact) mass is 378 g/mol. The van der Waals surface area contributed by atoms with Crippen molar-refractivity contribution in [1.29, 1.82) is 0 Å². The van der Waals surface area contributed by atoms with Crippen LogP contribution in [0.25, 0.3) is 0 Å². The number of rotatable bonds is 4. The summed E-state index contributed by atoms with van der Waals surface area (Å²) in [5.41, 5.74) is 5.92. The number of hydrogen-bond donors (Lipinski definition) is 2. The zero-order valence-electron chi connectivity index (χ0n) is 15.5. The first-order valence-electron chi connectivity index (χ1n) is 10.1. The number of carbonyl (C=O) groups excluding carboxylic acids is 1. The van der Waals surface area contributed by atoms with Gasteiger partial charge in [0.1, 0.15) is 0 Å². The van der Waals surface area contributed by atoms with Gasteiger partial charge in [0.05, 0.1) is 0 Å². The molecule has 2 aromatic carbocycles. The summed E-state index contributed by atoms with van der Waals surface area (Å²) in [5, 5.41) is 6.72. The van der Waals surface area contributed by atoms with Gasteiger partial charge in [-0.3, -0.25) is 4.79 Å². The highest BCUT2D eigenvalue weighted by molar-refractivity contribution is 7.99. The van der Waals surface area contributed by atoms with Crippen LogP contribution in [0, 0.1) is 5.92 Å². The first kappa shape index (κ1) is 17.3. The van der Waals surface area contributed by atoms with Gasteiger partial charge >= 0.3 is 0 Å². The molecule has 4 aliphatic rings. The summed E-state index contributed by atoms with van der Waals surface area (Å²) in [6.07, 6.45) is 1.73. The zero-order chi connectivity index (χ0) is 18.2. The number of nitrogens with one attached hydrogen (secondary N) is 2. The van der Waals surface area contributed by atoms with E-state index in [-0.39, 0.29) is 5.91 Å². The number of benzene rings is 2. The molecule has 1 saturated heterocycles. The van der Waals surface area contributed by atoms with Crippen molar-refractivity contribution in [3.63, 3.8) is 0 Å². The fourth-order valence-corrected chi connectivity index (χ4v) is 6.20. The zero-order valence-corrected chi connectivity index (χ0v) is 16.3. The smallest absolute Gasteiger partial charge is 0.221 e. The maximum atomic E-state index is 12.5. The Morgan fingerprint density at radius 3 is 2.33 bits per heavy atom. The molecule has 140 valence electrons. The van der Waals surface area contributed by atoms with E-state index in [9.17, 15) is 4.79 Å². The normalized spacial score (nSPS) is 28.3. The molecule has 2 unspecified atom stereocenters. The Morgan fingerprint density at radius 2 is 1.70 bits per heavy atom. The maximum absolute atomic E-state index is 12.5. The van der Waals surface area contributed by atoms with Crippen molar-refractivity contribution < 1.29 is 4.79 Å². The predicted octanol–water partition coefficient (Wildman–Crippen LogP) is 3.50. The second-order valence-electron chi connectivity index (χ2n) is 8.02. The molecule has 2 N–H and O–H groups in total. The molecule has 1 fully saturated rings. The molecule has 1 heterocycles. The van der Waals surface area contributed by atoms with Gasteiger partial charge in [-0.1, -0.05) is 48.5 Å². The first-order valence-corrected chi connectivity index (χ1v) is 11.2. The van der Waals surface area contributed by atoms with Crippen molar-refractivity contribution in [2.75, 3.05) is 24.6 Å². The number of amides is 1. The Labute approximate surface area is 165 Å². The van der Waals surface area contributed by atoms with Crippen LogP contribution in [-0.4, -0.2) is 36.5 Å². The van der Waals surface area contributed by atoms with Gasteiger partial charge in [-0.15, -0.1) is 0 Å². The van der Waals surface area contributed by atoms with Crippen LogP contribution in [0.1, 0.15) is 46.9 Å². The van der Waals surface area contributed by atoms with E-state index >= 15 is 0 Å². The molecule has 2 atom stereocenters. The predicted molar refractivity (Wildman–Crippen MR) is 111 cm³/mol. The van der Waals surface area contributed by atoms with Gasteiger partial charge in [0.2, 0.25) is 5.91 Å². The van der Waals surface area contributed by atoms with E-state index in [2.05, 4.69) is 59.2 Å². The minimum Gasteiger partial charge on any atom is -0.356 e. The largest absolute Gasteiger partial charge is 0.356 e. The molecule has 0 saturated carbocycles. The molecule has 2 bridgehead atoms. The highest BCUT2D eigenvalue weighted by atomic mass is 32.2. The summed E-state index contributed by atoms with van der Waals surface area (Å²) in [7, 11) is 0. The Morgan fingerprint density at radius 1 is 1.04 bits per heavy atom. The van der Waals surface area contributed by atoms with E-state index < -0.39 is 0 Å². The molecule has 0 aromatic heterocycles. The average molecular weight is 379 g/mol. The summed E-state index contributed by atoms with van der Waals surface area (Å²) in [5.74, 6) is 3.76. The molecular formula is C23H26N2OS. The number of hydrogen-bond acceptors (Lipinski definition) is 3. The van der Waals surface area contributed by atoms with Gasteiger partial charge in [-0.2, -0.15) is 11.8 Å². The molecule has 2 aromatic rings. The van der Waals surface area contributed by atoms with Crippen LogP contribution in [0.5, 0.6) is 0 Å². The van der Waals surface area contributed by atoms with Crippen LogP contribution in [-0.2, 0) is 4.79 Å². The van der Waals surface area contributed by atoms with E-state index in [0.717, 1.165) is 31.0 Å². The Balaban J connectivity index is 1.32. The molecule has 3 aliphatic carbocycles. The van der Waals surface area contributed by atoms with Gasteiger partial charge in [0.15, 0.2) is 0 Å². The molecule has 4 heteroatoms. The summed E-state index contributed by atoms with van der Waals surface area (Å²) in [4.78, 5) is 12.5. The van der Waals surface area contributed by atoms with Crippen LogP contribution in [0.4, 0.5) is 0 Å². The second kappa shape index (κ2) is 7.33. The lowest BCUT2D eigenvalue weighted by atomic mass is 9.59. The summed E-state index contributed by atoms with van der Waals surface area (Å²) >= 11 is 1.94. The van der Waals surface area contributed by atoms with Gasteiger partial charge in [-0.25, -0.2) is 0 Å². The van der Waals surface area contributed by atoms with Gasteiger partial charge in [0, 0.05) is 48.9 Å². The van der Waals surface area contributed by atoms with Crippen molar-refractivity contribution in [1.82, 2.24) is 10.6 Å². The average Bonchev–Trinajstić information content (AvgIpc) is 2.73. The highest BCUT2D eigenvalue weighted by Crippen LogP contribution is 2.55. The van der Waals surface area contributed by atoms with Crippen LogP contribution >= 0.6 is 11.8 Å². The lowest BCUT2D eigenvalue weighted by molar-refractivity contribution is -0.121. The van der Waals surface area contributed by atoms with Crippen molar-refractivity contribution in [2.24, 2.45) is 5.92 Å². The van der Waals surface area contributed by atoms with Crippen molar-refractivity contribution >= 4 is 17.7 Å². The first-order chi connectivity index (χ1) is 13.3. The Hall–Kier alpha value is -1.78. The highest BCUT2D eigenvalue weighted by Gasteiger charge is 2.42. The van der Waals surface area contributed by atoms with Crippen LogP contribution in [0.3, 0.4) is 0 Å².